The molecule has 0 spiro atoms. The van der Waals surface area contributed by atoms with Crippen LogP contribution in [0, 0.1) is 0 Å². The third-order valence-electron chi connectivity index (χ3n) is 2.23. The first-order valence-corrected chi connectivity index (χ1v) is 5.98. The maximum atomic E-state index is 11.9. The summed E-state index contributed by atoms with van der Waals surface area (Å²) in [6.45, 7) is 0. The quantitative estimate of drug-likeness (QED) is 0.845. The fourth-order valence-corrected chi connectivity index (χ4v) is 1.71. The SMILES string of the molecule is O=C(Nc1ccc(C(=O)O)nc1)c1ccnc(Br)c1. The van der Waals surface area contributed by atoms with Gasteiger partial charge in [-0.25, -0.2) is 14.8 Å². The Balaban J connectivity index is 2.13. The van der Waals surface area contributed by atoms with Crippen molar-refractivity contribution in [1.82, 2.24) is 9.97 Å². The van der Waals surface area contributed by atoms with Gasteiger partial charge in [-0.3, -0.25) is 4.79 Å². The van der Waals surface area contributed by atoms with Crippen LogP contribution in [0.5, 0.6) is 0 Å². The molecule has 0 radical (unpaired) electrons. The third kappa shape index (κ3) is 3.35. The minimum Gasteiger partial charge on any atom is -0.477 e. The van der Waals surface area contributed by atoms with E-state index in [4.69, 9.17) is 5.11 Å². The summed E-state index contributed by atoms with van der Waals surface area (Å²) in [7, 11) is 0. The average molecular weight is 322 g/mol. The van der Waals surface area contributed by atoms with Crippen molar-refractivity contribution in [3.05, 3.63) is 52.5 Å². The minimum atomic E-state index is -1.11. The Bertz CT molecular complexity index is 628. The summed E-state index contributed by atoms with van der Waals surface area (Å²) in [5.41, 5.74) is 0.775. The smallest absolute Gasteiger partial charge is 0.354 e. The van der Waals surface area contributed by atoms with Crippen LogP contribution in [0.25, 0.3) is 0 Å². The zero-order valence-electron chi connectivity index (χ0n) is 9.50. The molecule has 2 aromatic heterocycles. The zero-order chi connectivity index (χ0) is 13.8. The number of nitrogens with zero attached hydrogens (tertiary/aromatic N) is 2. The molecular formula is C12H8BrN3O3. The molecule has 0 aliphatic rings. The van der Waals surface area contributed by atoms with Gasteiger partial charge in [0.2, 0.25) is 0 Å². The number of hydrogen-bond acceptors (Lipinski definition) is 4. The molecule has 1 amide bonds. The number of carboxylic acids is 1. The summed E-state index contributed by atoms with van der Waals surface area (Å²) in [5.74, 6) is -1.44. The maximum Gasteiger partial charge on any atom is 0.354 e. The number of rotatable bonds is 3. The lowest BCUT2D eigenvalue weighted by molar-refractivity contribution is 0.0690. The molecule has 0 fully saturated rings. The van der Waals surface area contributed by atoms with Crippen molar-refractivity contribution in [2.45, 2.75) is 0 Å². The van der Waals surface area contributed by atoms with Gasteiger partial charge in [0, 0.05) is 11.8 Å². The zero-order valence-corrected chi connectivity index (χ0v) is 11.1. The Labute approximate surface area is 116 Å². The number of carbonyl (C=O) groups excluding carboxylic acids is 1. The summed E-state index contributed by atoms with van der Waals surface area (Å²) in [5, 5.41) is 11.3. The molecule has 0 unspecified atom stereocenters. The highest BCUT2D eigenvalue weighted by molar-refractivity contribution is 9.10. The van der Waals surface area contributed by atoms with E-state index in [0.717, 1.165) is 0 Å². The summed E-state index contributed by atoms with van der Waals surface area (Å²) in [4.78, 5) is 30.1. The highest BCUT2D eigenvalue weighted by atomic mass is 79.9. The van der Waals surface area contributed by atoms with Gasteiger partial charge in [-0.1, -0.05) is 0 Å². The van der Waals surface area contributed by atoms with Gasteiger partial charge >= 0.3 is 5.97 Å². The number of halogens is 1. The lowest BCUT2D eigenvalue weighted by Crippen LogP contribution is -2.12. The fraction of sp³-hybridized carbons (Fsp3) is 0. The largest absolute Gasteiger partial charge is 0.477 e. The van der Waals surface area contributed by atoms with E-state index in [0.29, 0.717) is 15.9 Å². The van der Waals surface area contributed by atoms with E-state index in [1.807, 2.05) is 0 Å². The first-order chi connectivity index (χ1) is 9.06. The molecule has 2 N–H and O–H groups in total. The van der Waals surface area contributed by atoms with Crippen LogP contribution < -0.4 is 5.32 Å². The van der Waals surface area contributed by atoms with Crippen molar-refractivity contribution < 1.29 is 14.7 Å². The molecule has 0 aliphatic heterocycles. The van der Waals surface area contributed by atoms with Gasteiger partial charge in [-0.05, 0) is 40.2 Å². The second kappa shape index (κ2) is 5.57. The Morgan fingerprint density at radius 2 is 2.00 bits per heavy atom. The molecule has 6 nitrogen and oxygen atoms in total. The van der Waals surface area contributed by atoms with Gasteiger partial charge in [0.15, 0.2) is 0 Å². The van der Waals surface area contributed by atoms with E-state index >= 15 is 0 Å². The standard InChI is InChI=1S/C12H8BrN3O3/c13-10-5-7(3-4-14-10)11(17)16-8-1-2-9(12(18)19)15-6-8/h1-6H,(H,16,17)(H,18,19). The van der Waals surface area contributed by atoms with Crippen LogP contribution in [0.2, 0.25) is 0 Å². The molecule has 0 saturated heterocycles. The van der Waals surface area contributed by atoms with Crippen molar-refractivity contribution in [3.63, 3.8) is 0 Å². The number of aromatic carboxylic acids is 1. The molecule has 0 bridgehead atoms. The first-order valence-electron chi connectivity index (χ1n) is 5.18. The first kappa shape index (κ1) is 13.2. The van der Waals surface area contributed by atoms with E-state index in [1.165, 1.54) is 24.5 Å². The molecule has 0 saturated carbocycles. The van der Waals surface area contributed by atoms with Crippen molar-refractivity contribution in [2.75, 3.05) is 5.32 Å². The van der Waals surface area contributed by atoms with Crippen LogP contribution in [-0.2, 0) is 0 Å². The second-order valence-corrected chi connectivity index (χ2v) is 4.37. The Kier molecular flexibility index (Phi) is 3.86. The van der Waals surface area contributed by atoms with Crippen LogP contribution in [0.4, 0.5) is 5.69 Å². The van der Waals surface area contributed by atoms with E-state index in [9.17, 15) is 9.59 Å². The molecule has 7 heteroatoms. The number of anilines is 1. The number of hydrogen-bond donors (Lipinski definition) is 2. The van der Waals surface area contributed by atoms with Gasteiger partial charge in [-0.15, -0.1) is 0 Å². The van der Waals surface area contributed by atoms with Gasteiger partial charge in [0.25, 0.3) is 5.91 Å². The maximum absolute atomic E-state index is 11.9. The molecule has 2 heterocycles. The summed E-state index contributed by atoms with van der Waals surface area (Å²) < 4.78 is 0.555. The number of nitrogens with one attached hydrogen (secondary N) is 1. The predicted octanol–water partition coefficient (Wildman–Crippen LogP) is 2.19. The summed E-state index contributed by atoms with van der Waals surface area (Å²) in [6, 6.07) is 5.94. The van der Waals surface area contributed by atoms with Crippen LogP contribution in [0.3, 0.4) is 0 Å². The van der Waals surface area contributed by atoms with E-state index in [2.05, 4.69) is 31.2 Å². The number of carboxylic acid groups (broad SMARTS) is 1. The Morgan fingerprint density at radius 1 is 1.21 bits per heavy atom. The molecule has 0 aromatic carbocycles. The van der Waals surface area contributed by atoms with Crippen LogP contribution in [0.15, 0.2) is 41.3 Å². The number of carbonyl (C=O) groups is 2. The van der Waals surface area contributed by atoms with Crippen LogP contribution >= 0.6 is 15.9 Å². The van der Waals surface area contributed by atoms with Gasteiger partial charge < -0.3 is 10.4 Å². The van der Waals surface area contributed by atoms with Crippen molar-refractivity contribution in [1.29, 1.82) is 0 Å². The fourth-order valence-electron chi connectivity index (χ4n) is 1.34. The molecular weight excluding hydrogens is 314 g/mol. The van der Waals surface area contributed by atoms with Gasteiger partial charge in [-0.2, -0.15) is 0 Å². The Morgan fingerprint density at radius 3 is 2.58 bits per heavy atom. The molecule has 0 aliphatic carbocycles. The number of amides is 1. The van der Waals surface area contributed by atoms with Crippen molar-refractivity contribution in [2.24, 2.45) is 0 Å². The molecule has 2 aromatic rings. The third-order valence-corrected chi connectivity index (χ3v) is 2.66. The number of pyridine rings is 2. The lowest BCUT2D eigenvalue weighted by atomic mass is 10.2. The summed E-state index contributed by atoms with van der Waals surface area (Å²) >= 11 is 3.17. The molecule has 19 heavy (non-hydrogen) atoms. The van der Waals surface area contributed by atoms with Crippen molar-refractivity contribution >= 4 is 33.5 Å². The number of aromatic nitrogens is 2. The minimum absolute atomic E-state index is 0.0790. The van der Waals surface area contributed by atoms with Gasteiger partial charge in [0.1, 0.15) is 10.3 Å². The van der Waals surface area contributed by atoms with E-state index in [1.54, 1.807) is 12.1 Å². The lowest BCUT2D eigenvalue weighted by Gasteiger charge is -2.05. The average Bonchev–Trinajstić information content (AvgIpc) is 2.39. The van der Waals surface area contributed by atoms with Gasteiger partial charge in [0.05, 0.1) is 11.9 Å². The van der Waals surface area contributed by atoms with E-state index < -0.39 is 5.97 Å². The Hall–Kier alpha value is -2.28. The van der Waals surface area contributed by atoms with Crippen molar-refractivity contribution in [3.8, 4) is 0 Å². The summed E-state index contributed by atoms with van der Waals surface area (Å²) in [6.07, 6.45) is 2.79. The molecule has 96 valence electrons. The monoisotopic (exact) mass is 321 g/mol. The molecule has 2 rings (SSSR count). The topological polar surface area (TPSA) is 92.2 Å². The molecule has 0 atom stereocenters. The second-order valence-electron chi connectivity index (χ2n) is 3.56. The van der Waals surface area contributed by atoms with E-state index in [-0.39, 0.29) is 11.6 Å². The van der Waals surface area contributed by atoms with Crippen LogP contribution in [-0.4, -0.2) is 27.0 Å². The predicted molar refractivity (Wildman–Crippen MR) is 71.1 cm³/mol. The van der Waals surface area contributed by atoms with Crippen LogP contribution in [0.1, 0.15) is 20.8 Å². The highest BCUT2D eigenvalue weighted by Crippen LogP contribution is 2.11. The normalized spacial score (nSPS) is 9.95. The highest BCUT2D eigenvalue weighted by Gasteiger charge is 2.08.